The summed E-state index contributed by atoms with van der Waals surface area (Å²) >= 11 is 5.86. The van der Waals surface area contributed by atoms with Gasteiger partial charge in [0.2, 0.25) is 0 Å². The van der Waals surface area contributed by atoms with E-state index >= 15 is 0 Å². The van der Waals surface area contributed by atoms with Crippen molar-refractivity contribution in [3.8, 4) is 0 Å². The molecule has 2 aromatic rings. The quantitative estimate of drug-likeness (QED) is 0.849. The molecule has 0 bridgehead atoms. The maximum absolute atomic E-state index is 5.86. The normalized spacial score (nSPS) is 10.3. The molecule has 0 saturated carbocycles. The van der Waals surface area contributed by atoms with Gasteiger partial charge in [0.15, 0.2) is 0 Å². The molecule has 0 amide bonds. The van der Waals surface area contributed by atoms with Crippen LogP contribution in [0.3, 0.4) is 0 Å². The predicted octanol–water partition coefficient (Wildman–Crippen LogP) is 2.75. The van der Waals surface area contributed by atoms with Gasteiger partial charge in [-0.05, 0) is 31.5 Å². The fourth-order valence-corrected chi connectivity index (χ4v) is 1.55. The van der Waals surface area contributed by atoms with Crippen LogP contribution in [0.4, 0.5) is 5.69 Å². The Morgan fingerprint density at radius 3 is 2.82 bits per heavy atom. The minimum Gasteiger partial charge on any atom is -0.378 e. The maximum Gasteiger partial charge on any atom is 0.132 e. The third kappa shape index (κ3) is 3.14. The molecule has 0 atom stereocenters. The number of aromatic nitrogens is 3. The number of hydrogen-bond acceptors (Lipinski definition) is 4. The summed E-state index contributed by atoms with van der Waals surface area (Å²) in [6.45, 7) is 4.44. The number of pyridine rings is 1. The van der Waals surface area contributed by atoms with E-state index in [-0.39, 0.29) is 0 Å². The number of aryl methyl sites for hydroxylation is 2. The van der Waals surface area contributed by atoms with Crippen LogP contribution in [0.5, 0.6) is 0 Å². The van der Waals surface area contributed by atoms with Crippen molar-refractivity contribution in [2.24, 2.45) is 0 Å². The number of nitrogens with zero attached hydrogens (tertiary/aromatic N) is 3. The molecule has 17 heavy (non-hydrogen) atoms. The highest BCUT2D eigenvalue weighted by molar-refractivity contribution is 6.30. The third-order valence-electron chi connectivity index (χ3n) is 2.32. The topological polar surface area (TPSA) is 50.7 Å². The summed E-state index contributed by atoms with van der Waals surface area (Å²) < 4.78 is 0. The molecule has 0 radical (unpaired) electrons. The van der Waals surface area contributed by atoms with Crippen LogP contribution in [0.2, 0.25) is 5.15 Å². The molecular weight excluding hydrogens is 236 g/mol. The molecule has 0 aliphatic carbocycles. The molecule has 2 aromatic heterocycles. The van der Waals surface area contributed by atoms with Gasteiger partial charge in [-0.25, -0.2) is 15.0 Å². The van der Waals surface area contributed by atoms with Crippen LogP contribution in [0.1, 0.15) is 17.1 Å². The molecule has 0 aliphatic heterocycles. The van der Waals surface area contributed by atoms with Crippen molar-refractivity contribution in [1.82, 2.24) is 15.0 Å². The van der Waals surface area contributed by atoms with Crippen LogP contribution in [0, 0.1) is 13.8 Å². The molecule has 0 aliphatic rings. The van der Waals surface area contributed by atoms with Crippen molar-refractivity contribution in [2.45, 2.75) is 20.4 Å². The number of halogens is 1. The Kier molecular flexibility index (Phi) is 3.54. The van der Waals surface area contributed by atoms with E-state index < -0.39 is 0 Å². The SMILES string of the molecule is Cc1nccc(CNc2cnc(Cl)c(C)c2)n1. The number of hydrogen-bond donors (Lipinski definition) is 1. The van der Waals surface area contributed by atoms with E-state index in [0.29, 0.717) is 11.7 Å². The molecule has 0 unspecified atom stereocenters. The van der Waals surface area contributed by atoms with E-state index in [1.807, 2.05) is 26.0 Å². The van der Waals surface area contributed by atoms with Gasteiger partial charge in [0.25, 0.3) is 0 Å². The van der Waals surface area contributed by atoms with Crippen molar-refractivity contribution in [3.63, 3.8) is 0 Å². The van der Waals surface area contributed by atoms with E-state index in [9.17, 15) is 0 Å². The van der Waals surface area contributed by atoms with E-state index in [0.717, 1.165) is 22.8 Å². The van der Waals surface area contributed by atoms with Gasteiger partial charge in [-0.1, -0.05) is 11.6 Å². The van der Waals surface area contributed by atoms with Gasteiger partial charge in [-0.15, -0.1) is 0 Å². The summed E-state index contributed by atoms with van der Waals surface area (Å²) in [6.07, 6.45) is 3.47. The van der Waals surface area contributed by atoms with Gasteiger partial charge >= 0.3 is 0 Å². The summed E-state index contributed by atoms with van der Waals surface area (Å²) in [5.41, 5.74) is 2.84. The van der Waals surface area contributed by atoms with E-state index in [2.05, 4.69) is 20.3 Å². The summed E-state index contributed by atoms with van der Waals surface area (Å²) in [7, 11) is 0. The summed E-state index contributed by atoms with van der Waals surface area (Å²) in [5, 5.41) is 3.78. The van der Waals surface area contributed by atoms with Crippen molar-refractivity contribution < 1.29 is 0 Å². The lowest BCUT2D eigenvalue weighted by Crippen LogP contribution is -2.03. The van der Waals surface area contributed by atoms with Crippen molar-refractivity contribution in [3.05, 3.63) is 46.8 Å². The molecule has 0 spiro atoms. The number of nitrogens with one attached hydrogen (secondary N) is 1. The molecule has 2 heterocycles. The highest BCUT2D eigenvalue weighted by atomic mass is 35.5. The van der Waals surface area contributed by atoms with E-state index in [1.165, 1.54) is 0 Å². The van der Waals surface area contributed by atoms with Crippen LogP contribution in [0.25, 0.3) is 0 Å². The standard InChI is InChI=1S/C12H13ClN4/c1-8-5-11(7-16-12(8)13)15-6-10-3-4-14-9(2)17-10/h3-5,7,15H,6H2,1-2H3. The molecule has 0 aromatic carbocycles. The third-order valence-corrected chi connectivity index (χ3v) is 2.72. The Morgan fingerprint density at radius 2 is 2.12 bits per heavy atom. The molecule has 4 nitrogen and oxygen atoms in total. The highest BCUT2D eigenvalue weighted by Crippen LogP contribution is 2.16. The van der Waals surface area contributed by atoms with Gasteiger partial charge < -0.3 is 5.32 Å². The first-order valence-corrected chi connectivity index (χ1v) is 5.67. The van der Waals surface area contributed by atoms with Gasteiger partial charge in [-0.2, -0.15) is 0 Å². The van der Waals surface area contributed by atoms with Gasteiger partial charge in [0.1, 0.15) is 11.0 Å². The maximum atomic E-state index is 5.86. The molecular formula is C12H13ClN4. The van der Waals surface area contributed by atoms with Gasteiger partial charge in [0, 0.05) is 6.20 Å². The smallest absolute Gasteiger partial charge is 0.132 e. The number of rotatable bonds is 3. The first-order chi connectivity index (χ1) is 8.15. The average Bonchev–Trinajstić information content (AvgIpc) is 2.31. The fraction of sp³-hybridized carbons (Fsp3) is 0.250. The highest BCUT2D eigenvalue weighted by Gasteiger charge is 2.00. The second-order valence-corrected chi connectivity index (χ2v) is 4.14. The lowest BCUT2D eigenvalue weighted by atomic mass is 10.3. The van der Waals surface area contributed by atoms with Crippen LogP contribution in [-0.4, -0.2) is 15.0 Å². The molecule has 0 fully saturated rings. The van der Waals surface area contributed by atoms with Gasteiger partial charge in [0.05, 0.1) is 24.1 Å². The predicted molar refractivity (Wildman–Crippen MR) is 68.1 cm³/mol. The Hall–Kier alpha value is -1.68. The zero-order valence-electron chi connectivity index (χ0n) is 9.74. The summed E-state index contributed by atoms with van der Waals surface area (Å²) in [5.74, 6) is 0.773. The van der Waals surface area contributed by atoms with Crippen molar-refractivity contribution in [1.29, 1.82) is 0 Å². The minimum absolute atomic E-state index is 0.536. The Bertz CT molecular complexity index is 528. The lowest BCUT2D eigenvalue weighted by Gasteiger charge is -2.07. The Labute approximate surface area is 105 Å². The van der Waals surface area contributed by atoms with Crippen molar-refractivity contribution in [2.75, 3.05) is 5.32 Å². The molecule has 0 saturated heterocycles. The van der Waals surface area contributed by atoms with Crippen molar-refractivity contribution >= 4 is 17.3 Å². The molecule has 5 heteroatoms. The average molecular weight is 249 g/mol. The molecule has 2 rings (SSSR count). The van der Waals surface area contributed by atoms with E-state index in [1.54, 1.807) is 12.4 Å². The second kappa shape index (κ2) is 5.10. The van der Waals surface area contributed by atoms with E-state index in [4.69, 9.17) is 11.6 Å². The van der Waals surface area contributed by atoms with Gasteiger partial charge in [-0.3, -0.25) is 0 Å². The number of anilines is 1. The largest absolute Gasteiger partial charge is 0.378 e. The summed E-state index contributed by atoms with van der Waals surface area (Å²) in [4.78, 5) is 12.4. The Balaban J connectivity index is 2.05. The zero-order valence-corrected chi connectivity index (χ0v) is 10.5. The monoisotopic (exact) mass is 248 g/mol. The minimum atomic E-state index is 0.536. The van der Waals surface area contributed by atoms with Crippen LogP contribution in [0.15, 0.2) is 24.5 Å². The zero-order chi connectivity index (χ0) is 12.3. The summed E-state index contributed by atoms with van der Waals surface area (Å²) in [6, 6.07) is 3.85. The molecule has 1 N–H and O–H groups in total. The van der Waals surface area contributed by atoms with Crippen LogP contribution in [-0.2, 0) is 6.54 Å². The Morgan fingerprint density at radius 1 is 1.29 bits per heavy atom. The molecule has 88 valence electrons. The lowest BCUT2D eigenvalue weighted by molar-refractivity contribution is 0.954. The first-order valence-electron chi connectivity index (χ1n) is 5.29. The first kappa shape index (κ1) is 11.8. The van der Waals surface area contributed by atoms with Crippen LogP contribution < -0.4 is 5.32 Å². The second-order valence-electron chi connectivity index (χ2n) is 3.78. The van der Waals surface area contributed by atoms with Crippen LogP contribution >= 0.6 is 11.6 Å². The fourth-order valence-electron chi connectivity index (χ4n) is 1.45.